The minimum absolute atomic E-state index is 0.0939. The van der Waals surface area contributed by atoms with Gasteiger partial charge in [0.05, 0.1) is 79.6 Å². The van der Waals surface area contributed by atoms with E-state index in [-0.39, 0.29) is 55.8 Å². The average Bonchev–Trinajstić information content (AvgIpc) is 3.83. The summed E-state index contributed by atoms with van der Waals surface area (Å²) in [6.07, 6.45) is -1.39. The van der Waals surface area contributed by atoms with Crippen molar-refractivity contribution < 1.29 is 72.9 Å². The molecule has 2 heterocycles. The number of aromatic nitrogens is 1. The monoisotopic (exact) mass is 1080 g/mol. The zero-order valence-electron chi connectivity index (χ0n) is 43.2. The Balaban J connectivity index is 0.000000306. The largest absolute Gasteiger partial charge is 0.481 e. The molecular formula is C57H64ClFN4O14. The zero-order valence-corrected chi connectivity index (χ0v) is 44.0. The van der Waals surface area contributed by atoms with Gasteiger partial charge in [-0.2, -0.15) is 0 Å². The first-order chi connectivity index (χ1) is 36.7. The first-order valence-electron chi connectivity index (χ1n) is 24.4. The number of methoxy groups -OCH3 is 1. The Morgan fingerprint density at radius 3 is 1.96 bits per heavy atom. The molecule has 0 fully saturated rings. The van der Waals surface area contributed by atoms with Crippen molar-refractivity contribution in [3.8, 4) is 22.4 Å². The van der Waals surface area contributed by atoms with Crippen LogP contribution in [0.3, 0.4) is 0 Å². The molecule has 18 nitrogen and oxygen atoms in total. The number of hydrogen-bond donors (Lipinski definition) is 8. The van der Waals surface area contributed by atoms with Crippen LogP contribution in [0.2, 0.25) is 5.02 Å². The van der Waals surface area contributed by atoms with Crippen LogP contribution in [0.4, 0.5) is 10.1 Å². The fraction of sp³-hybridized carbons (Fsp3) is 0.298. The van der Waals surface area contributed by atoms with E-state index < -0.39 is 54.4 Å². The Morgan fingerprint density at radius 1 is 0.818 bits per heavy atom. The predicted molar refractivity (Wildman–Crippen MR) is 287 cm³/mol. The van der Waals surface area contributed by atoms with Crippen LogP contribution in [0.5, 0.6) is 0 Å². The van der Waals surface area contributed by atoms with Gasteiger partial charge in [-0.15, -0.1) is 0 Å². The van der Waals surface area contributed by atoms with Gasteiger partial charge in [0.2, 0.25) is 0 Å². The van der Waals surface area contributed by atoms with E-state index in [1.54, 1.807) is 50.2 Å². The summed E-state index contributed by atoms with van der Waals surface area (Å²) in [4.78, 5) is 69.6. The number of nitrogens with zero attached hydrogens (tertiary/aromatic N) is 1. The number of esters is 2. The Hall–Kier alpha value is -7.94. The lowest BCUT2D eigenvalue weighted by Crippen LogP contribution is -2.35. The van der Waals surface area contributed by atoms with E-state index >= 15 is 0 Å². The maximum atomic E-state index is 14.0. The lowest BCUT2D eigenvalue weighted by Gasteiger charge is -2.31. The second-order valence-corrected chi connectivity index (χ2v) is 17.9. The zero-order chi connectivity index (χ0) is 56.8. The number of carboxylic acid groups (broad SMARTS) is 3. The van der Waals surface area contributed by atoms with Gasteiger partial charge in [0.1, 0.15) is 5.82 Å². The van der Waals surface area contributed by atoms with Crippen molar-refractivity contribution in [3.63, 3.8) is 0 Å². The van der Waals surface area contributed by atoms with Crippen LogP contribution in [0.15, 0.2) is 144 Å². The molecule has 1 aromatic heterocycles. The number of ether oxygens (including phenoxy) is 3. The molecule has 5 aromatic rings. The summed E-state index contributed by atoms with van der Waals surface area (Å²) in [5.74, 6) is -6.31. The van der Waals surface area contributed by atoms with Crippen molar-refractivity contribution >= 4 is 53.0 Å². The summed E-state index contributed by atoms with van der Waals surface area (Å²) in [6.45, 7) is 8.67. The lowest BCUT2D eigenvalue weighted by molar-refractivity contribution is -0.140. The number of benzene rings is 4. The van der Waals surface area contributed by atoms with Crippen LogP contribution in [-0.4, -0.2) is 112 Å². The number of nitrogens with two attached hydrogens (primary N) is 1. The van der Waals surface area contributed by atoms with Gasteiger partial charge >= 0.3 is 29.8 Å². The molecule has 77 heavy (non-hydrogen) atoms. The number of carbonyl (C=O) groups is 6. The minimum atomic E-state index is -1.26. The summed E-state index contributed by atoms with van der Waals surface area (Å²) in [6, 6.07) is 31.8. The number of aliphatic hydroxyl groups is 2. The van der Waals surface area contributed by atoms with Crippen LogP contribution in [-0.2, 0) is 44.7 Å². The molecule has 0 unspecified atom stereocenters. The number of aliphatic hydroxyl groups excluding tert-OH is 2. The summed E-state index contributed by atoms with van der Waals surface area (Å²) in [7, 11) is 1.29. The highest BCUT2D eigenvalue weighted by Gasteiger charge is 2.40. The minimum Gasteiger partial charge on any atom is -0.481 e. The summed E-state index contributed by atoms with van der Waals surface area (Å²) in [5, 5.41) is 51.9. The SMILES string of the molecule is CC(C)c1c(C(=O)Nc2ccccc2)c(-c2ccccc2)c(-c2ccc(F)cc2)n1CC[C@@H](O)C[C@@H](O)CC(=O)O.CCOC(=O)C1=C(COCCN)NC(C)=C(C(=O)OC)[C@@H]1c1ccccc1Cl.O=C(O)/C=C\C(=O)O. The van der Waals surface area contributed by atoms with Crippen molar-refractivity contribution in [2.24, 2.45) is 5.73 Å². The highest BCUT2D eigenvalue weighted by Crippen LogP contribution is 2.44. The fourth-order valence-electron chi connectivity index (χ4n) is 8.46. The van der Waals surface area contributed by atoms with Gasteiger partial charge < -0.3 is 60.7 Å². The molecule has 0 bridgehead atoms. The number of amides is 1. The Labute approximate surface area is 450 Å². The molecule has 0 aliphatic carbocycles. The highest BCUT2D eigenvalue weighted by molar-refractivity contribution is 6.31. The van der Waals surface area contributed by atoms with E-state index in [0.717, 1.165) is 11.3 Å². The van der Waals surface area contributed by atoms with Crippen molar-refractivity contribution in [2.45, 2.75) is 77.5 Å². The highest BCUT2D eigenvalue weighted by atomic mass is 35.5. The number of allylic oxidation sites excluding steroid dienone is 1. The number of halogens is 2. The van der Waals surface area contributed by atoms with Gasteiger partial charge in [0.25, 0.3) is 5.91 Å². The number of aliphatic carboxylic acids is 3. The summed E-state index contributed by atoms with van der Waals surface area (Å²) in [5.41, 5.74) is 12.5. The molecule has 3 atom stereocenters. The number of anilines is 1. The van der Waals surface area contributed by atoms with E-state index in [0.29, 0.717) is 80.9 Å². The molecule has 0 radical (unpaired) electrons. The van der Waals surface area contributed by atoms with Crippen molar-refractivity contribution in [2.75, 3.05) is 38.8 Å². The number of para-hydroxylation sites is 1. The second-order valence-electron chi connectivity index (χ2n) is 17.5. The number of hydrogen-bond acceptors (Lipinski definition) is 13. The molecule has 0 saturated carbocycles. The first kappa shape index (κ1) is 61.6. The van der Waals surface area contributed by atoms with Gasteiger partial charge in [0.15, 0.2) is 0 Å². The third-order valence-corrected chi connectivity index (χ3v) is 11.9. The molecule has 1 aliphatic rings. The molecular weight excluding hydrogens is 1020 g/mol. The molecule has 4 aromatic carbocycles. The van der Waals surface area contributed by atoms with Crippen LogP contribution < -0.4 is 16.4 Å². The third-order valence-electron chi connectivity index (χ3n) is 11.6. The number of carboxylic acids is 3. The topological polar surface area (TPSA) is 286 Å². The van der Waals surface area contributed by atoms with Crippen molar-refractivity contribution in [1.82, 2.24) is 9.88 Å². The second kappa shape index (κ2) is 30.6. The normalized spacial score (nSPS) is 13.8. The Kier molecular flexibility index (Phi) is 24.5. The molecule has 1 amide bonds. The van der Waals surface area contributed by atoms with Crippen LogP contribution >= 0.6 is 11.6 Å². The molecule has 20 heteroatoms. The molecule has 9 N–H and O–H groups in total. The fourth-order valence-corrected chi connectivity index (χ4v) is 8.71. The van der Waals surface area contributed by atoms with Crippen LogP contribution in [0.25, 0.3) is 22.4 Å². The molecule has 1 aliphatic heterocycles. The van der Waals surface area contributed by atoms with Gasteiger partial charge in [-0.3, -0.25) is 9.59 Å². The number of carbonyl (C=O) groups excluding carboxylic acids is 3. The standard InChI is InChI=1S/C33H35FN2O5.C20H25ClN2O5.C4H4O4/c1-21(2)31-30(33(41)35-25-11-7-4-8-12-25)29(22-9-5-3-6-10-22)32(23-13-15-24(34)16-14-23)36(31)18-17-26(37)19-27(38)20-28(39)40;1-4-28-20(25)18-15(11-27-10-9-22)23-12(2)16(19(24)26-3)17(18)13-7-5-6-8-14(13)21;5-3(6)1-2-4(7)8/h3-16,21,26-27,37-38H,17-20H2,1-2H3,(H,35,41)(H,39,40);5-8,17,23H,4,9-11,22H2,1-3H3;1-2H,(H,5,6)(H,7,8)/b;;2-1-/t26-,27-;17-;/m10./s1. The number of nitrogens with one attached hydrogen (secondary N) is 2. The van der Waals surface area contributed by atoms with Gasteiger partial charge in [-0.1, -0.05) is 92.2 Å². The van der Waals surface area contributed by atoms with E-state index in [1.165, 1.54) is 19.2 Å². The third kappa shape index (κ3) is 17.8. The molecule has 410 valence electrons. The molecule has 0 saturated heterocycles. The summed E-state index contributed by atoms with van der Waals surface area (Å²) < 4.78 is 31.8. The van der Waals surface area contributed by atoms with Gasteiger partial charge in [0, 0.05) is 52.9 Å². The van der Waals surface area contributed by atoms with Crippen LogP contribution in [0.1, 0.15) is 80.4 Å². The van der Waals surface area contributed by atoms with E-state index in [1.807, 2.05) is 79.1 Å². The van der Waals surface area contributed by atoms with Gasteiger partial charge in [-0.25, -0.2) is 23.6 Å². The molecule has 0 spiro atoms. The van der Waals surface area contributed by atoms with Crippen molar-refractivity contribution in [1.29, 1.82) is 0 Å². The van der Waals surface area contributed by atoms with E-state index in [9.17, 15) is 43.4 Å². The van der Waals surface area contributed by atoms with Crippen molar-refractivity contribution in [3.05, 3.63) is 172 Å². The number of dihydropyridines is 1. The van der Waals surface area contributed by atoms with E-state index in [4.69, 9.17) is 46.9 Å². The first-order valence-corrected chi connectivity index (χ1v) is 24.8. The van der Waals surface area contributed by atoms with E-state index in [2.05, 4.69) is 10.6 Å². The van der Waals surface area contributed by atoms with Gasteiger partial charge in [-0.05, 0) is 91.8 Å². The summed E-state index contributed by atoms with van der Waals surface area (Å²) >= 11 is 6.42. The molecule has 6 rings (SSSR count). The Bertz CT molecular complexity index is 2910. The maximum absolute atomic E-state index is 14.0. The predicted octanol–water partition coefficient (Wildman–Crippen LogP) is 8.29. The Morgan fingerprint density at radius 2 is 1.42 bits per heavy atom. The smallest absolute Gasteiger partial charge is 0.336 e. The quantitative estimate of drug-likeness (QED) is 0.0184. The number of rotatable bonds is 22. The maximum Gasteiger partial charge on any atom is 0.336 e. The lowest BCUT2D eigenvalue weighted by atomic mass is 9.80. The van der Waals surface area contributed by atoms with Crippen LogP contribution in [0, 0.1) is 5.82 Å². The average molecular weight is 1080 g/mol.